The van der Waals surface area contributed by atoms with Gasteiger partial charge in [-0.25, -0.2) is 4.57 Å². The molecule has 0 aromatic rings. The van der Waals surface area contributed by atoms with Crippen LogP contribution in [0.3, 0.4) is 0 Å². The minimum absolute atomic E-state index is 0.165. The topological polar surface area (TPSA) is 35.5 Å². The van der Waals surface area contributed by atoms with Crippen LogP contribution >= 0.6 is 7.91 Å². The summed E-state index contributed by atoms with van der Waals surface area (Å²) in [7, 11) is -4.26. The predicted molar refractivity (Wildman–Crippen MR) is 55.1 cm³/mol. The average Bonchev–Trinajstić information content (AvgIpc) is 2.13. The number of unbranched alkanes of at least 4 members (excludes halogenated alkanes) is 3. The van der Waals surface area contributed by atoms with Crippen LogP contribution in [0.4, 0.5) is 4.20 Å². The molecule has 0 aliphatic rings. The molecular weight excluding hydrogens is 206 g/mol. The molecule has 3 nitrogen and oxygen atoms in total. The van der Waals surface area contributed by atoms with Crippen molar-refractivity contribution >= 4 is 7.91 Å². The number of hydrogen-bond donors (Lipinski definition) is 0. The Bertz CT molecular complexity index is 175. The quantitative estimate of drug-likeness (QED) is 0.439. The van der Waals surface area contributed by atoms with E-state index in [4.69, 9.17) is 0 Å². The Morgan fingerprint density at radius 3 is 2.00 bits per heavy atom. The maximum Gasteiger partial charge on any atom is 0.513 e. The molecule has 0 aliphatic heterocycles. The summed E-state index contributed by atoms with van der Waals surface area (Å²) < 4.78 is 33.0. The summed E-state index contributed by atoms with van der Waals surface area (Å²) >= 11 is 0. The van der Waals surface area contributed by atoms with Crippen LogP contribution in [0.2, 0.25) is 0 Å². The van der Waals surface area contributed by atoms with Crippen LogP contribution in [0.15, 0.2) is 0 Å². The number of halogens is 1. The van der Waals surface area contributed by atoms with Crippen molar-refractivity contribution < 1.29 is 17.8 Å². The monoisotopic (exact) mass is 226 g/mol. The molecule has 0 aromatic heterocycles. The van der Waals surface area contributed by atoms with Crippen LogP contribution in [0.1, 0.15) is 46.0 Å². The zero-order chi connectivity index (χ0) is 10.9. The van der Waals surface area contributed by atoms with Gasteiger partial charge in [0.15, 0.2) is 0 Å². The van der Waals surface area contributed by atoms with Crippen LogP contribution in [0.25, 0.3) is 0 Å². The highest BCUT2D eigenvalue weighted by molar-refractivity contribution is 7.48. The lowest BCUT2D eigenvalue weighted by molar-refractivity contribution is 0.170. The Balaban J connectivity index is 3.46. The van der Waals surface area contributed by atoms with Crippen molar-refractivity contribution in [3.8, 4) is 0 Å². The van der Waals surface area contributed by atoms with Gasteiger partial charge in [0.05, 0.1) is 13.2 Å². The van der Waals surface area contributed by atoms with Gasteiger partial charge < -0.3 is 0 Å². The highest BCUT2D eigenvalue weighted by atomic mass is 31.2. The Labute approximate surface area is 85.6 Å². The van der Waals surface area contributed by atoms with Gasteiger partial charge in [0.2, 0.25) is 0 Å². The van der Waals surface area contributed by atoms with Crippen molar-refractivity contribution in [2.75, 3.05) is 13.2 Å². The fourth-order valence-corrected chi connectivity index (χ4v) is 1.65. The molecule has 0 saturated carbocycles. The maximum absolute atomic E-state index is 13.0. The van der Waals surface area contributed by atoms with Gasteiger partial charge in [-0.05, 0) is 12.8 Å². The molecule has 1 atom stereocenters. The summed E-state index contributed by atoms with van der Waals surface area (Å²) in [4.78, 5) is 0. The molecule has 0 heterocycles. The highest BCUT2D eigenvalue weighted by Gasteiger charge is 2.22. The molecule has 14 heavy (non-hydrogen) atoms. The van der Waals surface area contributed by atoms with Crippen molar-refractivity contribution in [2.24, 2.45) is 0 Å². The lowest BCUT2D eigenvalue weighted by atomic mass is 10.3. The second-order valence-electron chi connectivity index (χ2n) is 3.16. The van der Waals surface area contributed by atoms with Crippen LogP contribution < -0.4 is 0 Å². The molecule has 0 radical (unpaired) electrons. The van der Waals surface area contributed by atoms with Gasteiger partial charge in [-0.2, -0.15) is 0 Å². The summed E-state index contributed by atoms with van der Waals surface area (Å²) in [6.45, 7) is 4.33. The summed E-state index contributed by atoms with van der Waals surface area (Å²) in [5.74, 6) is 0. The van der Waals surface area contributed by atoms with Gasteiger partial charge in [0.1, 0.15) is 0 Å². The zero-order valence-corrected chi connectivity index (χ0v) is 9.89. The van der Waals surface area contributed by atoms with E-state index in [2.05, 4.69) is 9.05 Å². The first-order valence-corrected chi connectivity index (χ1v) is 6.64. The minimum atomic E-state index is -4.26. The molecule has 0 saturated heterocycles. The molecule has 0 spiro atoms. The number of rotatable bonds is 9. The summed E-state index contributed by atoms with van der Waals surface area (Å²) in [5.41, 5.74) is 0. The Kier molecular flexibility index (Phi) is 8.44. The van der Waals surface area contributed by atoms with Crippen molar-refractivity contribution in [3.05, 3.63) is 0 Å². The summed E-state index contributed by atoms with van der Waals surface area (Å²) in [6.07, 6.45) is 4.29. The summed E-state index contributed by atoms with van der Waals surface area (Å²) in [5, 5.41) is 0. The molecule has 0 bridgehead atoms. The van der Waals surface area contributed by atoms with Gasteiger partial charge in [-0.3, -0.25) is 9.05 Å². The fourth-order valence-electron chi connectivity index (χ4n) is 0.881. The van der Waals surface area contributed by atoms with Crippen LogP contribution in [-0.2, 0) is 13.6 Å². The SMILES string of the molecule is CCCCCOP(=O)(F)OCCCC. The molecule has 86 valence electrons. The van der Waals surface area contributed by atoms with Crippen molar-refractivity contribution in [3.63, 3.8) is 0 Å². The highest BCUT2D eigenvalue weighted by Crippen LogP contribution is 2.50. The van der Waals surface area contributed by atoms with E-state index in [1.807, 2.05) is 13.8 Å². The third-order valence-electron chi connectivity index (χ3n) is 1.74. The smallest absolute Gasteiger partial charge is 0.284 e. The first-order valence-electron chi connectivity index (χ1n) is 5.21. The van der Waals surface area contributed by atoms with E-state index in [-0.39, 0.29) is 13.2 Å². The van der Waals surface area contributed by atoms with E-state index in [1.54, 1.807) is 0 Å². The van der Waals surface area contributed by atoms with E-state index in [9.17, 15) is 8.76 Å². The molecule has 0 rings (SSSR count). The molecule has 1 unspecified atom stereocenters. The molecule has 0 fully saturated rings. The first kappa shape index (κ1) is 14.1. The third kappa shape index (κ3) is 8.67. The molecule has 0 amide bonds. The van der Waals surface area contributed by atoms with Gasteiger partial charge in [-0.15, -0.1) is 4.20 Å². The normalized spacial score (nSPS) is 15.4. The minimum Gasteiger partial charge on any atom is -0.284 e. The van der Waals surface area contributed by atoms with E-state index < -0.39 is 7.91 Å². The maximum atomic E-state index is 13.0. The van der Waals surface area contributed by atoms with Gasteiger partial charge >= 0.3 is 7.91 Å². The van der Waals surface area contributed by atoms with Crippen molar-refractivity contribution in [1.82, 2.24) is 0 Å². The van der Waals surface area contributed by atoms with Crippen LogP contribution in [0.5, 0.6) is 0 Å². The molecule has 0 aliphatic carbocycles. The zero-order valence-electron chi connectivity index (χ0n) is 9.00. The molecular formula is C9H20FO3P. The van der Waals surface area contributed by atoms with Crippen molar-refractivity contribution in [1.29, 1.82) is 0 Å². The van der Waals surface area contributed by atoms with E-state index in [1.165, 1.54) is 0 Å². The Morgan fingerprint density at radius 2 is 1.50 bits per heavy atom. The number of hydrogen-bond acceptors (Lipinski definition) is 3. The second-order valence-corrected chi connectivity index (χ2v) is 4.54. The molecule has 0 N–H and O–H groups in total. The average molecular weight is 226 g/mol. The van der Waals surface area contributed by atoms with Crippen LogP contribution in [-0.4, -0.2) is 13.2 Å². The lowest BCUT2D eigenvalue weighted by Crippen LogP contribution is -1.95. The van der Waals surface area contributed by atoms with Gasteiger partial charge in [0, 0.05) is 0 Å². The Hall–Kier alpha value is 0.0800. The fraction of sp³-hybridized carbons (Fsp3) is 1.00. The third-order valence-corrected chi connectivity index (χ3v) is 2.72. The molecule has 0 aromatic carbocycles. The summed E-state index contributed by atoms with van der Waals surface area (Å²) in [6, 6.07) is 0. The first-order chi connectivity index (χ1) is 6.62. The van der Waals surface area contributed by atoms with Gasteiger partial charge in [0.25, 0.3) is 0 Å². The second kappa shape index (κ2) is 8.39. The van der Waals surface area contributed by atoms with E-state index >= 15 is 0 Å². The van der Waals surface area contributed by atoms with Crippen molar-refractivity contribution in [2.45, 2.75) is 46.0 Å². The van der Waals surface area contributed by atoms with Gasteiger partial charge in [-0.1, -0.05) is 33.1 Å². The van der Waals surface area contributed by atoms with E-state index in [0.717, 1.165) is 25.7 Å². The standard InChI is InChI=1S/C9H20FO3P/c1-3-5-7-9-13-14(10,11)12-8-6-4-2/h3-9H2,1-2H3. The Morgan fingerprint density at radius 1 is 1.00 bits per heavy atom. The molecule has 5 heteroatoms. The van der Waals surface area contributed by atoms with Crippen LogP contribution in [0, 0.1) is 0 Å². The predicted octanol–water partition coefficient (Wildman–Crippen LogP) is 4.09. The largest absolute Gasteiger partial charge is 0.513 e. The lowest BCUT2D eigenvalue weighted by Gasteiger charge is -2.09. The van der Waals surface area contributed by atoms with E-state index in [0.29, 0.717) is 6.42 Å².